The molecule has 4 aromatic rings. The second-order valence-corrected chi connectivity index (χ2v) is 11.4. The van der Waals surface area contributed by atoms with E-state index in [0.29, 0.717) is 20.2 Å². The Bertz CT molecular complexity index is 1860. The molecule has 1 N–H and O–H groups in total. The topological polar surface area (TPSA) is 142 Å². The molecule has 0 radical (unpaired) electrons. The van der Waals surface area contributed by atoms with E-state index >= 15 is 0 Å². The second kappa shape index (κ2) is 10.0. The van der Waals surface area contributed by atoms with Gasteiger partial charge in [0.25, 0.3) is 11.5 Å². The van der Waals surface area contributed by atoms with Crippen LogP contribution in [0.5, 0.6) is 5.88 Å². The average molecular weight is 583 g/mol. The van der Waals surface area contributed by atoms with Gasteiger partial charge in [-0.2, -0.15) is 3.97 Å². The minimum Gasteiger partial charge on any atom is -0.471 e. The lowest BCUT2D eigenvalue weighted by atomic mass is 10.1. The Morgan fingerprint density at radius 2 is 1.82 bits per heavy atom. The highest BCUT2D eigenvalue weighted by molar-refractivity contribution is 7.89. The second-order valence-electron chi connectivity index (χ2n) is 9.15. The standard InChI is InChI=1S/C24H21ClF2N4O7S/c1-24(2,35)22(33)30-18-8-13(4-7-17(18)31(23(30)34)39(3,36)37)10-29-12-28-20(19(25)21(29)32)38-11-14-5-6-15(26)9-16(14)27/h4-9,12,35H,10-11H2,1-3H3. The van der Waals surface area contributed by atoms with Crippen LogP contribution in [0, 0.1) is 11.6 Å². The molecular formula is C24H21ClF2N4O7S. The monoisotopic (exact) mass is 582 g/mol. The normalized spacial score (nSPS) is 12.2. The molecule has 2 heterocycles. The summed E-state index contributed by atoms with van der Waals surface area (Å²) in [5.41, 5.74) is -3.77. The summed E-state index contributed by atoms with van der Waals surface area (Å²) < 4.78 is 58.9. The summed E-state index contributed by atoms with van der Waals surface area (Å²) in [5, 5.41) is 9.77. The number of nitrogens with zero attached hydrogens (tertiary/aromatic N) is 4. The van der Waals surface area contributed by atoms with Gasteiger partial charge in [-0.05, 0) is 43.7 Å². The fraction of sp³-hybridized carbons (Fsp3) is 0.250. The number of carbonyl (C=O) groups excluding carboxylic acids is 1. The predicted molar refractivity (Wildman–Crippen MR) is 137 cm³/mol. The first-order chi connectivity index (χ1) is 18.1. The zero-order valence-corrected chi connectivity index (χ0v) is 22.3. The van der Waals surface area contributed by atoms with E-state index in [1.54, 1.807) is 0 Å². The summed E-state index contributed by atoms with van der Waals surface area (Å²) in [6.07, 6.45) is 1.90. The Kier molecular flexibility index (Phi) is 7.23. The zero-order chi connectivity index (χ0) is 28.9. The fourth-order valence-corrected chi connectivity index (χ4v) is 4.84. The number of imidazole rings is 1. The maximum atomic E-state index is 13.9. The molecule has 0 unspecified atom stereocenters. The molecule has 0 bridgehead atoms. The van der Waals surface area contributed by atoms with Gasteiger partial charge >= 0.3 is 5.69 Å². The number of aromatic nitrogens is 4. The number of benzene rings is 2. The third-order valence-corrected chi connectivity index (χ3v) is 6.95. The molecule has 0 fully saturated rings. The van der Waals surface area contributed by atoms with Crippen molar-refractivity contribution in [2.45, 2.75) is 32.6 Å². The number of aliphatic hydroxyl groups is 1. The molecular weight excluding hydrogens is 562 g/mol. The third kappa shape index (κ3) is 5.48. The molecule has 4 rings (SSSR count). The van der Waals surface area contributed by atoms with Crippen molar-refractivity contribution >= 4 is 38.6 Å². The smallest absolute Gasteiger partial charge is 0.349 e. The van der Waals surface area contributed by atoms with Crippen molar-refractivity contribution in [3.05, 3.63) is 91.3 Å². The number of hydrogen-bond donors (Lipinski definition) is 1. The molecule has 0 aliphatic heterocycles. The Hall–Kier alpha value is -3.88. The molecule has 0 spiro atoms. The van der Waals surface area contributed by atoms with Gasteiger partial charge in [-0.3, -0.25) is 14.2 Å². The minimum atomic E-state index is -4.13. The van der Waals surface area contributed by atoms with E-state index in [1.165, 1.54) is 24.3 Å². The van der Waals surface area contributed by atoms with Gasteiger partial charge in [0.1, 0.15) is 30.2 Å². The molecule has 2 aromatic heterocycles. The first kappa shape index (κ1) is 28.1. The molecule has 0 saturated carbocycles. The first-order valence-corrected chi connectivity index (χ1v) is 13.4. The SMILES string of the molecule is CC(C)(O)C(=O)n1c(=O)n(S(C)(=O)=O)c2ccc(Cn3cnc(OCc4ccc(F)cc4F)c(Cl)c3=O)cc21. The summed E-state index contributed by atoms with van der Waals surface area (Å²) in [4.78, 5) is 42.5. The van der Waals surface area contributed by atoms with E-state index in [0.717, 1.165) is 37.1 Å². The maximum Gasteiger partial charge on any atom is 0.349 e. The van der Waals surface area contributed by atoms with Gasteiger partial charge in [0.05, 0.1) is 23.8 Å². The van der Waals surface area contributed by atoms with Gasteiger partial charge in [-0.25, -0.2) is 31.5 Å². The van der Waals surface area contributed by atoms with E-state index in [-0.39, 0.29) is 35.6 Å². The third-order valence-electron chi connectivity index (χ3n) is 5.61. The van der Waals surface area contributed by atoms with Crippen LogP contribution >= 0.6 is 11.6 Å². The van der Waals surface area contributed by atoms with Crippen molar-refractivity contribution in [3.8, 4) is 5.88 Å². The van der Waals surface area contributed by atoms with Crippen LogP contribution in [0.4, 0.5) is 8.78 Å². The van der Waals surface area contributed by atoms with E-state index in [4.69, 9.17) is 16.3 Å². The number of ether oxygens (including phenoxy) is 1. The number of rotatable bonds is 7. The van der Waals surface area contributed by atoms with E-state index in [9.17, 15) is 36.7 Å². The van der Waals surface area contributed by atoms with Gasteiger partial charge in [-0.15, -0.1) is 0 Å². The molecule has 39 heavy (non-hydrogen) atoms. The molecule has 2 aromatic carbocycles. The number of halogens is 3. The van der Waals surface area contributed by atoms with Crippen molar-refractivity contribution < 1.29 is 31.8 Å². The molecule has 206 valence electrons. The summed E-state index contributed by atoms with van der Waals surface area (Å²) in [6, 6.07) is 6.95. The van der Waals surface area contributed by atoms with Crippen LogP contribution in [0.2, 0.25) is 5.02 Å². The first-order valence-electron chi connectivity index (χ1n) is 11.2. The Morgan fingerprint density at radius 3 is 2.44 bits per heavy atom. The molecule has 0 saturated heterocycles. The average Bonchev–Trinajstić information content (AvgIpc) is 3.12. The number of hydrogen-bond acceptors (Lipinski definition) is 8. The maximum absolute atomic E-state index is 13.9. The molecule has 0 aliphatic carbocycles. The van der Waals surface area contributed by atoms with Crippen LogP contribution in [-0.4, -0.2) is 49.4 Å². The van der Waals surface area contributed by atoms with Crippen molar-refractivity contribution in [2.24, 2.45) is 0 Å². The highest BCUT2D eigenvalue weighted by atomic mass is 35.5. The molecule has 0 atom stereocenters. The van der Waals surface area contributed by atoms with E-state index < -0.39 is 49.4 Å². The van der Waals surface area contributed by atoms with Crippen LogP contribution in [0.3, 0.4) is 0 Å². The van der Waals surface area contributed by atoms with Crippen molar-refractivity contribution in [3.63, 3.8) is 0 Å². The van der Waals surface area contributed by atoms with Crippen LogP contribution < -0.4 is 16.0 Å². The van der Waals surface area contributed by atoms with Gasteiger partial charge in [0, 0.05) is 11.6 Å². The van der Waals surface area contributed by atoms with Crippen LogP contribution in [0.1, 0.15) is 29.8 Å². The van der Waals surface area contributed by atoms with E-state index in [1.807, 2.05) is 0 Å². The summed E-state index contributed by atoms with van der Waals surface area (Å²) in [5.74, 6) is -2.95. The lowest BCUT2D eigenvalue weighted by molar-refractivity contribution is 0.0393. The Morgan fingerprint density at radius 1 is 1.13 bits per heavy atom. The summed E-state index contributed by atoms with van der Waals surface area (Å²) >= 11 is 6.12. The number of fused-ring (bicyclic) bond motifs is 1. The van der Waals surface area contributed by atoms with Crippen LogP contribution in [0.15, 0.2) is 52.3 Å². The van der Waals surface area contributed by atoms with Crippen molar-refractivity contribution in [2.75, 3.05) is 6.26 Å². The zero-order valence-electron chi connectivity index (χ0n) is 20.7. The molecule has 11 nitrogen and oxygen atoms in total. The predicted octanol–water partition coefficient (Wildman–Crippen LogP) is 2.14. The molecule has 0 aliphatic rings. The van der Waals surface area contributed by atoms with E-state index in [2.05, 4.69) is 4.98 Å². The minimum absolute atomic E-state index is 0.0134. The lowest BCUT2D eigenvalue weighted by Crippen LogP contribution is -2.42. The molecule has 15 heteroatoms. The largest absolute Gasteiger partial charge is 0.471 e. The van der Waals surface area contributed by atoms with Gasteiger partial charge in [0.15, 0.2) is 5.02 Å². The highest BCUT2D eigenvalue weighted by Gasteiger charge is 2.32. The number of carbonyl (C=O) groups is 1. The van der Waals surface area contributed by atoms with Gasteiger partial charge in [-0.1, -0.05) is 17.7 Å². The molecule has 0 amide bonds. The quantitative estimate of drug-likeness (QED) is 0.349. The Balaban J connectivity index is 1.70. The van der Waals surface area contributed by atoms with Crippen molar-refractivity contribution in [1.82, 2.24) is 18.1 Å². The Labute approximate surface area is 224 Å². The summed E-state index contributed by atoms with van der Waals surface area (Å²) in [6.45, 7) is 1.76. The lowest BCUT2D eigenvalue weighted by Gasteiger charge is -2.15. The van der Waals surface area contributed by atoms with Gasteiger partial charge in [0.2, 0.25) is 15.9 Å². The van der Waals surface area contributed by atoms with Crippen LogP contribution in [0.25, 0.3) is 11.0 Å². The van der Waals surface area contributed by atoms with Gasteiger partial charge < -0.3 is 9.84 Å². The highest BCUT2D eigenvalue weighted by Crippen LogP contribution is 2.22. The fourth-order valence-electron chi connectivity index (χ4n) is 3.75. The van der Waals surface area contributed by atoms with Crippen LogP contribution in [-0.2, 0) is 23.2 Å². The summed E-state index contributed by atoms with van der Waals surface area (Å²) in [7, 11) is -4.13. The van der Waals surface area contributed by atoms with Crippen molar-refractivity contribution in [1.29, 1.82) is 0 Å².